The fourth-order valence-electron chi connectivity index (χ4n) is 9.91. The number of aliphatic hydroxyl groups is 1. The molecule has 0 aliphatic heterocycles. The molecular weight excluding hydrogens is 1350 g/mol. The van der Waals surface area contributed by atoms with Crippen molar-refractivity contribution in [3.05, 3.63) is 269 Å². The minimum atomic E-state index is -0.675. The van der Waals surface area contributed by atoms with Gasteiger partial charge in [-0.3, -0.25) is 44.8 Å². The Kier molecular flexibility index (Phi) is 23.8. The number of benzene rings is 6. The molecule has 12 rings (SSSR count). The highest BCUT2D eigenvalue weighted by molar-refractivity contribution is 7.17. The van der Waals surface area contributed by atoms with Crippen LogP contribution in [0.2, 0.25) is 0 Å². The lowest BCUT2D eigenvalue weighted by atomic mass is 10.1. The van der Waals surface area contributed by atoms with E-state index in [1.807, 2.05) is 127 Å². The number of thiophene rings is 3. The normalized spacial score (nSPS) is 11.0. The third-order valence-corrected chi connectivity index (χ3v) is 18.0. The Labute approximate surface area is 600 Å². The molecular formula is C79H70N10O10S3. The highest BCUT2D eigenvalue weighted by Gasteiger charge is 2.22. The lowest BCUT2D eigenvalue weighted by Gasteiger charge is -2.21. The Hall–Kier alpha value is -12.3. The van der Waals surface area contributed by atoms with Gasteiger partial charge in [-0.15, -0.1) is 34.0 Å². The standard InChI is InChI=1S/C28H27N3O4S.C28H25N3O4S.C23H18N4O2S/c2*1-28(2,3)35-27(34)31-23-12-10-20(25-13-11-22(17-32)36-25)15-24(23)30-26(33)19-8-6-18(7-9-19)21-5-4-14-29-16-21;24-20-9-7-17(22-10-8-19(30-22)14-26-29)12-21(20)27-23(28)16-5-3-15(4-6-16)18-2-1-11-25-13-18/h4-16,32H,17H2,1-3H3,(H,30,33)(H,31,34);4-17H,1-3H3,(H,30,33)(H,31,34);1-14,29H,24H2,(H,27,28)/b;;26-14+. The van der Waals surface area contributed by atoms with Crippen molar-refractivity contribution in [2.24, 2.45) is 5.16 Å². The van der Waals surface area contributed by atoms with Gasteiger partial charge in [0, 0.05) is 78.3 Å². The summed E-state index contributed by atoms with van der Waals surface area (Å²) in [6, 6.07) is 60.4. The van der Waals surface area contributed by atoms with Gasteiger partial charge in [0.15, 0.2) is 6.29 Å². The number of hydrogen-bond donors (Lipinski definition) is 8. The second kappa shape index (κ2) is 33.5. The maximum atomic E-state index is 13.1. The molecule has 514 valence electrons. The summed E-state index contributed by atoms with van der Waals surface area (Å²) in [7, 11) is 0. The van der Waals surface area contributed by atoms with Crippen LogP contribution in [0.15, 0.2) is 243 Å². The number of aldehydes is 1. The Morgan fingerprint density at radius 1 is 0.431 bits per heavy atom. The predicted molar refractivity (Wildman–Crippen MR) is 407 cm³/mol. The number of rotatable bonds is 17. The summed E-state index contributed by atoms with van der Waals surface area (Å²) < 4.78 is 10.8. The van der Waals surface area contributed by atoms with Gasteiger partial charge < -0.3 is 41.5 Å². The van der Waals surface area contributed by atoms with Crippen LogP contribution in [0.3, 0.4) is 0 Å². The molecule has 102 heavy (non-hydrogen) atoms. The van der Waals surface area contributed by atoms with E-state index in [1.54, 1.807) is 152 Å². The fourth-order valence-corrected chi connectivity index (χ4v) is 12.5. The number of amides is 5. The van der Waals surface area contributed by atoms with Crippen LogP contribution in [0.25, 0.3) is 64.7 Å². The quantitative estimate of drug-likeness (QED) is 0.0138. The van der Waals surface area contributed by atoms with Gasteiger partial charge in [0.1, 0.15) is 11.2 Å². The molecule has 20 nitrogen and oxygen atoms in total. The van der Waals surface area contributed by atoms with Crippen LogP contribution in [0, 0.1) is 0 Å². The second-order valence-electron chi connectivity index (χ2n) is 24.6. The number of carbonyl (C=O) groups excluding carboxylic acids is 6. The van der Waals surface area contributed by atoms with E-state index < -0.39 is 23.4 Å². The molecule has 0 bridgehead atoms. The monoisotopic (exact) mass is 1410 g/mol. The van der Waals surface area contributed by atoms with Gasteiger partial charge in [-0.25, -0.2) is 9.59 Å². The molecule has 0 fully saturated rings. The third kappa shape index (κ3) is 20.2. The molecule has 6 aromatic heterocycles. The predicted octanol–water partition coefficient (Wildman–Crippen LogP) is 18.6. The van der Waals surface area contributed by atoms with Crippen molar-refractivity contribution >= 4 is 111 Å². The van der Waals surface area contributed by atoms with Gasteiger partial charge in [0.05, 0.1) is 51.8 Å². The number of hydrogen-bond acceptors (Lipinski definition) is 18. The molecule has 0 radical (unpaired) electrons. The van der Waals surface area contributed by atoms with Gasteiger partial charge in [0.2, 0.25) is 0 Å². The van der Waals surface area contributed by atoms with Crippen molar-refractivity contribution in [1.82, 2.24) is 15.0 Å². The molecule has 23 heteroatoms. The van der Waals surface area contributed by atoms with Gasteiger partial charge in [-0.2, -0.15) is 0 Å². The van der Waals surface area contributed by atoms with E-state index in [2.05, 4.69) is 46.7 Å². The zero-order valence-electron chi connectivity index (χ0n) is 56.1. The van der Waals surface area contributed by atoms with E-state index in [1.165, 1.54) is 40.2 Å². The minimum Gasteiger partial charge on any atom is -0.444 e. The number of ether oxygens (including phenoxy) is 2. The van der Waals surface area contributed by atoms with Gasteiger partial charge in [0.25, 0.3) is 17.7 Å². The Balaban J connectivity index is 0.000000166. The number of aromatic nitrogens is 3. The molecule has 0 saturated heterocycles. The van der Waals surface area contributed by atoms with Crippen molar-refractivity contribution < 1.29 is 48.6 Å². The first-order valence-electron chi connectivity index (χ1n) is 31.7. The average molecular weight is 1420 g/mol. The number of carbonyl (C=O) groups is 6. The summed E-state index contributed by atoms with van der Waals surface area (Å²) in [5, 5.41) is 35.3. The number of aliphatic hydroxyl groups excluding tert-OH is 1. The van der Waals surface area contributed by atoms with Crippen molar-refractivity contribution in [3.63, 3.8) is 0 Å². The van der Waals surface area contributed by atoms with E-state index >= 15 is 0 Å². The number of nitrogens with zero attached hydrogens (tertiary/aromatic N) is 4. The average Bonchev–Trinajstić information content (AvgIpc) is 1.32. The number of oxime groups is 1. The SMILES string of the molecule is CC(C)(C)OC(=O)Nc1ccc(-c2ccc(C=O)s2)cc1NC(=O)c1ccc(-c2cccnc2)cc1.CC(C)(C)OC(=O)Nc1ccc(-c2ccc(CO)s2)cc1NC(=O)c1ccc(-c2cccnc2)cc1.Nc1ccc(-c2ccc(/C=N/O)s2)cc1NC(=O)c1ccc(-c2cccnc2)cc1. The molecule has 9 N–H and O–H groups in total. The van der Waals surface area contributed by atoms with Crippen LogP contribution in [0.1, 0.15) is 92.0 Å². The lowest BCUT2D eigenvalue weighted by Crippen LogP contribution is -2.27. The fraction of sp³-hybridized carbons (Fsp3) is 0.114. The molecule has 0 atom stereocenters. The summed E-state index contributed by atoms with van der Waals surface area (Å²) in [6.45, 7) is 10.6. The highest BCUT2D eigenvalue weighted by Crippen LogP contribution is 2.37. The summed E-state index contributed by atoms with van der Waals surface area (Å²) in [6.07, 6.45) is 11.4. The van der Waals surface area contributed by atoms with Crippen LogP contribution < -0.4 is 32.3 Å². The molecule has 0 unspecified atom stereocenters. The second-order valence-corrected chi connectivity index (χ2v) is 28.0. The van der Waals surface area contributed by atoms with Crippen LogP contribution in [0.4, 0.5) is 43.7 Å². The van der Waals surface area contributed by atoms with Crippen molar-refractivity contribution in [2.45, 2.75) is 59.4 Å². The van der Waals surface area contributed by atoms with E-state index in [-0.39, 0.29) is 24.3 Å². The number of nitrogen functional groups attached to an aromatic ring is 1. The Morgan fingerprint density at radius 2 is 0.794 bits per heavy atom. The number of pyridine rings is 3. The van der Waals surface area contributed by atoms with Crippen LogP contribution in [-0.4, -0.2) is 78.9 Å². The van der Waals surface area contributed by atoms with Gasteiger partial charge >= 0.3 is 12.2 Å². The van der Waals surface area contributed by atoms with E-state index in [0.717, 1.165) is 80.7 Å². The topological polar surface area (TPSA) is 299 Å². The maximum Gasteiger partial charge on any atom is 0.412 e. The zero-order chi connectivity index (χ0) is 72.3. The number of nitrogens with one attached hydrogen (secondary N) is 5. The van der Waals surface area contributed by atoms with Crippen LogP contribution in [0.5, 0.6) is 0 Å². The molecule has 12 aromatic rings. The Bertz CT molecular complexity index is 4940. The highest BCUT2D eigenvalue weighted by atomic mass is 32.1. The lowest BCUT2D eigenvalue weighted by molar-refractivity contribution is 0.0624. The molecule has 0 aliphatic rings. The maximum absolute atomic E-state index is 13.1. The molecule has 0 spiro atoms. The number of nitrogens with two attached hydrogens (primary N) is 1. The van der Waals surface area contributed by atoms with Crippen molar-refractivity contribution in [3.8, 4) is 64.7 Å². The van der Waals surface area contributed by atoms with Crippen molar-refractivity contribution in [1.29, 1.82) is 0 Å². The number of anilines is 6. The zero-order valence-corrected chi connectivity index (χ0v) is 58.6. The summed E-state index contributed by atoms with van der Waals surface area (Å²) in [4.78, 5) is 92.3. The van der Waals surface area contributed by atoms with Gasteiger partial charge in [-0.1, -0.05) is 78.0 Å². The molecule has 0 aliphatic carbocycles. The third-order valence-electron chi connectivity index (χ3n) is 14.8. The summed E-state index contributed by atoms with van der Waals surface area (Å²) in [5.41, 5.74) is 17.2. The van der Waals surface area contributed by atoms with Crippen LogP contribution >= 0.6 is 34.0 Å². The first kappa shape index (κ1) is 72.5. The van der Waals surface area contributed by atoms with E-state index in [9.17, 15) is 33.9 Å². The molecule has 5 amide bonds. The van der Waals surface area contributed by atoms with E-state index in [0.29, 0.717) is 55.7 Å². The summed E-state index contributed by atoms with van der Waals surface area (Å²) >= 11 is 4.27. The molecule has 6 heterocycles. The summed E-state index contributed by atoms with van der Waals surface area (Å²) in [5.74, 6) is -0.896. The first-order chi connectivity index (χ1) is 49.1. The Morgan fingerprint density at radius 3 is 1.16 bits per heavy atom. The molecule has 0 saturated carbocycles. The minimum absolute atomic E-state index is 0.0401. The first-order valence-corrected chi connectivity index (χ1v) is 34.2. The smallest absolute Gasteiger partial charge is 0.412 e. The van der Waals surface area contributed by atoms with Crippen LogP contribution in [-0.2, 0) is 16.1 Å². The van der Waals surface area contributed by atoms with E-state index in [4.69, 9.17) is 20.4 Å². The molecule has 6 aromatic carbocycles. The van der Waals surface area contributed by atoms with Crippen molar-refractivity contribution in [2.75, 3.05) is 32.3 Å². The largest absolute Gasteiger partial charge is 0.444 e. The van der Waals surface area contributed by atoms with Gasteiger partial charge in [-0.05, 0) is 219 Å².